The van der Waals surface area contributed by atoms with Crippen LogP contribution in [0.1, 0.15) is 31.0 Å². The Morgan fingerprint density at radius 2 is 1.72 bits per heavy atom. The molecule has 0 saturated heterocycles. The number of nitrogens with zero attached hydrogens (tertiary/aromatic N) is 2. The molecule has 8 heteroatoms. The monoisotopic (exact) mass is 510 g/mol. The zero-order valence-electron chi connectivity index (χ0n) is 15.6. The van der Waals surface area contributed by atoms with Crippen molar-refractivity contribution in [2.45, 2.75) is 30.3 Å². The van der Waals surface area contributed by atoms with Gasteiger partial charge in [-0.25, -0.2) is 9.79 Å². The number of fused-ring (bicyclic) bond motifs is 1. The predicted octanol–water partition coefficient (Wildman–Crippen LogP) is 6.45. The Morgan fingerprint density at radius 1 is 1.17 bits per heavy atom. The van der Waals surface area contributed by atoms with Gasteiger partial charge in [-0.05, 0) is 61.0 Å². The summed E-state index contributed by atoms with van der Waals surface area (Å²) in [7, 11) is 0. The number of aliphatic carboxylic acids is 1. The number of benzene rings is 2. The SMILES string of the molecule is CC(Br)C1=C(C(=O)O)SC2=N[C@@](C)(c3ccc(Cl)cc3)[C@@H](c3ccc(Cl)cc3)N21. The van der Waals surface area contributed by atoms with E-state index in [9.17, 15) is 9.90 Å². The van der Waals surface area contributed by atoms with Crippen LogP contribution in [0.2, 0.25) is 10.0 Å². The smallest absolute Gasteiger partial charge is 0.344 e. The van der Waals surface area contributed by atoms with E-state index in [-0.39, 0.29) is 10.9 Å². The Balaban J connectivity index is 1.92. The molecule has 0 aliphatic carbocycles. The van der Waals surface area contributed by atoms with E-state index in [2.05, 4.69) is 22.9 Å². The van der Waals surface area contributed by atoms with Crippen LogP contribution in [0, 0.1) is 0 Å². The van der Waals surface area contributed by atoms with E-state index in [1.54, 1.807) is 0 Å². The third-order valence-corrected chi connectivity index (χ3v) is 7.19. The predicted molar refractivity (Wildman–Crippen MR) is 123 cm³/mol. The molecule has 0 radical (unpaired) electrons. The summed E-state index contributed by atoms with van der Waals surface area (Å²) in [5, 5.41) is 11.7. The van der Waals surface area contributed by atoms with Crippen molar-refractivity contribution in [2.24, 2.45) is 4.99 Å². The highest BCUT2D eigenvalue weighted by Crippen LogP contribution is 2.55. The van der Waals surface area contributed by atoms with E-state index in [0.717, 1.165) is 11.1 Å². The summed E-state index contributed by atoms with van der Waals surface area (Å²) in [6, 6.07) is 15.1. The second-order valence-electron chi connectivity index (χ2n) is 7.11. The van der Waals surface area contributed by atoms with Gasteiger partial charge in [0.25, 0.3) is 0 Å². The molecule has 0 spiro atoms. The third-order valence-electron chi connectivity index (χ3n) is 5.20. The zero-order valence-corrected chi connectivity index (χ0v) is 19.5. The number of carboxylic acids is 1. The van der Waals surface area contributed by atoms with Crippen molar-refractivity contribution in [2.75, 3.05) is 0 Å². The standard InChI is InChI=1S/C21H17BrCl2N2O2S/c1-11(22)16-17(19(27)28)29-20-25-21(2,13-5-9-15(24)10-6-13)18(26(16)20)12-3-7-14(23)8-4-12/h3-11,18H,1-2H3,(H,27,28)/t11?,18-,21+/m1/s1. The summed E-state index contributed by atoms with van der Waals surface area (Å²) in [5.74, 6) is -0.948. The van der Waals surface area contributed by atoms with Crippen LogP contribution in [-0.2, 0) is 10.3 Å². The third kappa shape index (κ3) is 3.50. The van der Waals surface area contributed by atoms with Crippen LogP contribution < -0.4 is 0 Å². The van der Waals surface area contributed by atoms with Crippen molar-refractivity contribution in [3.8, 4) is 0 Å². The van der Waals surface area contributed by atoms with Crippen LogP contribution in [0.5, 0.6) is 0 Å². The quantitative estimate of drug-likeness (QED) is 0.479. The Morgan fingerprint density at radius 3 is 2.24 bits per heavy atom. The molecule has 2 aliphatic rings. The van der Waals surface area contributed by atoms with Crippen LogP contribution in [-0.4, -0.2) is 26.0 Å². The zero-order chi connectivity index (χ0) is 20.9. The summed E-state index contributed by atoms with van der Waals surface area (Å²) in [6.07, 6.45) is 0. The van der Waals surface area contributed by atoms with Crippen molar-refractivity contribution in [1.82, 2.24) is 4.90 Å². The average Bonchev–Trinajstić information content (AvgIpc) is 3.16. The topological polar surface area (TPSA) is 52.9 Å². The maximum atomic E-state index is 11.9. The Hall–Kier alpha value is -1.47. The highest BCUT2D eigenvalue weighted by atomic mass is 79.9. The van der Waals surface area contributed by atoms with Gasteiger partial charge in [-0.3, -0.25) is 0 Å². The van der Waals surface area contributed by atoms with Crippen LogP contribution in [0.15, 0.2) is 64.1 Å². The number of allylic oxidation sites excluding steroid dienone is 1. The summed E-state index contributed by atoms with van der Waals surface area (Å²) < 4.78 is 0. The van der Waals surface area contributed by atoms with Crippen molar-refractivity contribution in [3.05, 3.63) is 80.3 Å². The number of aliphatic imine (C=N–C) groups is 1. The van der Waals surface area contributed by atoms with Crippen molar-refractivity contribution in [3.63, 3.8) is 0 Å². The van der Waals surface area contributed by atoms with E-state index in [0.29, 0.717) is 25.8 Å². The molecule has 29 heavy (non-hydrogen) atoms. The Kier molecular flexibility index (Phi) is 5.49. The lowest BCUT2D eigenvalue weighted by Gasteiger charge is -2.36. The molecule has 2 aromatic rings. The van der Waals surface area contributed by atoms with Crippen molar-refractivity contribution in [1.29, 1.82) is 0 Å². The van der Waals surface area contributed by atoms with Gasteiger partial charge in [0, 0.05) is 10.0 Å². The maximum Gasteiger partial charge on any atom is 0.344 e. The summed E-state index contributed by atoms with van der Waals surface area (Å²) in [5.41, 5.74) is 2.09. The second kappa shape index (κ2) is 7.65. The first-order valence-corrected chi connectivity index (χ1v) is 11.4. The number of rotatable bonds is 4. The molecule has 0 fully saturated rings. The number of carboxylic acid groups (broad SMARTS) is 1. The fourth-order valence-corrected chi connectivity index (χ4v) is 5.94. The molecule has 0 amide bonds. The fourth-order valence-electron chi connectivity index (χ4n) is 3.90. The molecule has 4 rings (SSSR count). The summed E-state index contributed by atoms with van der Waals surface area (Å²) in [6.45, 7) is 4.00. The van der Waals surface area contributed by atoms with Gasteiger partial charge in [0.05, 0.1) is 16.6 Å². The highest BCUT2D eigenvalue weighted by Gasteiger charge is 2.53. The molecular formula is C21H17BrCl2N2O2S. The van der Waals surface area contributed by atoms with Crippen LogP contribution in [0.4, 0.5) is 0 Å². The number of hydrogen-bond acceptors (Lipinski definition) is 4. The first kappa shape index (κ1) is 20.8. The highest BCUT2D eigenvalue weighted by molar-refractivity contribution is 9.09. The molecule has 2 aromatic carbocycles. The van der Waals surface area contributed by atoms with Gasteiger partial charge < -0.3 is 10.0 Å². The van der Waals surface area contributed by atoms with E-state index in [1.165, 1.54) is 11.8 Å². The molecule has 3 atom stereocenters. The normalized spacial score (nSPS) is 24.5. The number of hydrogen-bond donors (Lipinski definition) is 1. The number of thioether (sulfide) groups is 1. The largest absolute Gasteiger partial charge is 0.477 e. The summed E-state index contributed by atoms with van der Waals surface area (Å²) in [4.78, 5) is 19.1. The number of carbonyl (C=O) groups is 1. The first-order chi connectivity index (χ1) is 13.7. The van der Waals surface area contributed by atoms with E-state index in [4.69, 9.17) is 28.2 Å². The molecule has 0 saturated carbocycles. The molecule has 2 aliphatic heterocycles. The average molecular weight is 512 g/mol. The lowest BCUT2D eigenvalue weighted by atomic mass is 9.81. The van der Waals surface area contributed by atoms with Gasteiger partial charge in [0.15, 0.2) is 5.17 Å². The maximum absolute atomic E-state index is 11.9. The van der Waals surface area contributed by atoms with E-state index in [1.807, 2.05) is 60.4 Å². The molecule has 1 N–H and O–H groups in total. The van der Waals surface area contributed by atoms with Gasteiger partial charge in [-0.1, -0.05) is 63.4 Å². The fraction of sp³-hybridized carbons (Fsp3) is 0.238. The molecular weight excluding hydrogens is 495 g/mol. The summed E-state index contributed by atoms with van der Waals surface area (Å²) >= 11 is 17.0. The van der Waals surface area contributed by atoms with Crippen LogP contribution >= 0.6 is 50.9 Å². The first-order valence-electron chi connectivity index (χ1n) is 8.92. The van der Waals surface area contributed by atoms with Crippen LogP contribution in [0.3, 0.4) is 0 Å². The second-order valence-corrected chi connectivity index (χ2v) is 10.3. The number of halogens is 3. The number of amidine groups is 1. The molecule has 0 bridgehead atoms. The lowest BCUT2D eigenvalue weighted by molar-refractivity contribution is -0.131. The minimum Gasteiger partial charge on any atom is -0.477 e. The van der Waals surface area contributed by atoms with Gasteiger partial charge in [0.1, 0.15) is 10.4 Å². The van der Waals surface area contributed by atoms with E-state index >= 15 is 0 Å². The lowest BCUT2D eigenvalue weighted by Crippen LogP contribution is -2.36. The molecule has 150 valence electrons. The van der Waals surface area contributed by atoms with E-state index < -0.39 is 11.5 Å². The molecule has 2 heterocycles. The van der Waals surface area contributed by atoms with Gasteiger partial charge in [-0.15, -0.1) is 0 Å². The van der Waals surface area contributed by atoms with Gasteiger partial charge in [0.2, 0.25) is 0 Å². The van der Waals surface area contributed by atoms with Gasteiger partial charge in [-0.2, -0.15) is 0 Å². The molecule has 1 unspecified atom stereocenters. The minimum atomic E-state index is -0.948. The molecule has 4 nitrogen and oxygen atoms in total. The van der Waals surface area contributed by atoms with Crippen molar-refractivity contribution >= 4 is 62.0 Å². The van der Waals surface area contributed by atoms with Gasteiger partial charge >= 0.3 is 5.97 Å². The Bertz CT molecular complexity index is 1040. The minimum absolute atomic E-state index is 0.156. The number of alkyl halides is 1. The Labute approximate surface area is 191 Å². The van der Waals surface area contributed by atoms with Crippen LogP contribution in [0.25, 0.3) is 0 Å². The van der Waals surface area contributed by atoms with Crippen molar-refractivity contribution < 1.29 is 9.90 Å². The molecule has 0 aromatic heterocycles.